The molecule has 0 fully saturated rings. The van der Waals surface area contributed by atoms with Crippen LogP contribution in [0.2, 0.25) is 5.02 Å². The van der Waals surface area contributed by atoms with Crippen molar-refractivity contribution in [3.05, 3.63) is 53.6 Å². The summed E-state index contributed by atoms with van der Waals surface area (Å²) in [5, 5.41) is 7.15. The van der Waals surface area contributed by atoms with Crippen LogP contribution in [0.4, 0.5) is 10.2 Å². The maximum absolute atomic E-state index is 13.1. The Labute approximate surface area is 119 Å². The molecule has 0 aliphatic rings. The van der Waals surface area contributed by atoms with Gasteiger partial charge in [0.05, 0.1) is 16.3 Å². The number of nitrogens with zero attached hydrogens (tertiary/aromatic N) is 2. The van der Waals surface area contributed by atoms with E-state index in [1.54, 1.807) is 18.5 Å². The monoisotopic (exact) mass is 288 g/mol. The van der Waals surface area contributed by atoms with Gasteiger partial charge in [-0.3, -0.25) is 10.1 Å². The van der Waals surface area contributed by atoms with E-state index in [-0.39, 0.29) is 0 Å². The molecule has 0 bridgehead atoms. The number of H-pyrrole nitrogens is 1. The third-order valence-electron chi connectivity index (χ3n) is 2.96. The quantitative estimate of drug-likeness (QED) is 0.758. The molecule has 3 rings (SSSR count). The number of hydrogen-bond acceptors (Lipinski definition) is 3. The van der Waals surface area contributed by atoms with Crippen molar-refractivity contribution < 1.29 is 4.39 Å². The number of nitrogens with two attached hydrogens (primary N) is 1. The second-order valence-electron chi connectivity index (χ2n) is 4.22. The molecule has 100 valence electrons. The molecule has 0 aliphatic carbocycles. The van der Waals surface area contributed by atoms with Crippen LogP contribution in [0.15, 0.2) is 42.7 Å². The molecule has 3 aromatic rings. The first-order chi connectivity index (χ1) is 9.66. The third-order valence-corrected chi connectivity index (χ3v) is 3.28. The zero-order valence-corrected chi connectivity index (χ0v) is 11.0. The van der Waals surface area contributed by atoms with E-state index in [0.29, 0.717) is 22.1 Å². The average Bonchev–Trinajstić information content (AvgIpc) is 2.81. The van der Waals surface area contributed by atoms with Crippen LogP contribution < -0.4 is 5.73 Å². The van der Waals surface area contributed by atoms with Gasteiger partial charge in [0, 0.05) is 18.0 Å². The van der Waals surface area contributed by atoms with E-state index >= 15 is 0 Å². The van der Waals surface area contributed by atoms with Crippen molar-refractivity contribution in [1.82, 2.24) is 15.2 Å². The molecule has 3 N–H and O–H groups in total. The van der Waals surface area contributed by atoms with Crippen molar-refractivity contribution in [2.45, 2.75) is 0 Å². The summed E-state index contributed by atoms with van der Waals surface area (Å²) in [5.74, 6) is -0.0386. The summed E-state index contributed by atoms with van der Waals surface area (Å²) in [6, 6.07) is 7.83. The number of benzene rings is 1. The topological polar surface area (TPSA) is 67.6 Å². The first-order valence-electron chi connectivity index (χ1n) is 5.86. The van der Waals surface area contributed by atoms with Crippen molar-refractivity contribution >= 4 is 17.4 Å². The Morgan fingerprint density at radius 1 is 1.15 bits per heavy atom. The molecule has 20 heavy (non-hydrogen) atoms. The van der Waals surface area contributed by atoms with E-state index in [1.807, 2.05) is 12.1 Å². The first-order valence-corrected chi connectivity index (χ1v) is 6.24. The zero-order chi connectivity index (χ0) is 14.1. The smallest absolute Gasteiger partial charge is 0.153 e. The molecule has 0 saturated heterocycles. The van der Waals surface area contributed by atoms with Gasteiger partial charge in [0.15, 0.2) is 5.82 Å². The van der Waals surface area contributed by atoms with Crippen LogP contribution in [0.5, 0.6) is 0 Å². The number of anilines is 1. The van der Waals surface area contributed by atoms with Crippen LogP contribution in [-0.2, 0) is 0 Å². The number of nitrogens with one attached hydrogen (secondary N) is 1. The molecule has 4 nitrogen and oxygen atoms in total. The van der Waals surface area contributed by atoms with Crippen molar-refractivity contribution in [1.29, 1.82) is 0 Å². The molecule has 2 heterocycles. The highest BCUT2D eigenvalue weighted by Gasteiger charge is 2.17. The van der Waals surface area contributed by atoms with Crippen LogP contribution in [0.25, 0.3) is 22.4 Å². The summed E-state index contributed by atoms with van der Waals surface area (Å²) in [5.41, 5.74) is 8.79. The summed E-state index contributed by atoms with van der Waals surface area (Å²) in [6.07, 6.45) is 3.33. The van der Waals surface area contributed by atoms with Crippen molar-refractivity contribution in [2.24, 2.45) is 0 Å². The highest BCUT2D eigenvalue weighted by Crippen LogP contribution is 2.37. The summed E-state index contributed by atoms with van der Waals surface area (Å²) < 4.78 is 13.1. The second kappa shape index (κ2) is 4.94. The van der Waals surface area contributed by atoms with Gasteiger partial charge >= 0.3 is 0 Å². The van der Waals surface area contributed by atoms with Crippen molar-refractivity contribution in [3.8, 4) is 22.4 Å². The normalized spacial score (nSPS) is 10.7. The van der Waals surface area contributed by atoms with Crippen molar-refractivity contribution in [3.63, 3.8) is 0 Å². The fourth-order valence-electron chi connectivity index (χ4n) is 2.05. The average molecular weight is 289 g/mol. The standard InChI is InChI=1S/C14H10ClFN4/c15-11-7-9(16)1-2-10(11)13-12(14(17)20-19-13)8-3-5-18-6-4-8/h1-7H,(H3,17,19,20). The zero-order valence-electron chi connectivity index (χ0n) is 10.3. The maximum Gasteiger partial charge on any atom is 0.153 e. The minimum atomic E-state index is -0.392. The SMILES string of the molecule is Nc1n[nH]c(-c2ccc(F)cc2Cl)c1-c1ccncc1. The van der Waals surface area contributed by atoms with E-state index in [9.17, 15) is 4.39 Å². The largest absolute Gasteiger partial charge is 0.382 e. The summed E-state index contributed by atoms with van der Waals surface area (Å²) in [7, 11) is 0. The van der Waals surface area contributed by atoms with E-state index in [2.05, 4.69) is 15.2 Å². The van der Waals surface area contributed by atoms with E-state index < -0.39 is 5.82 Å². The Morgan fingerprint density at radius 2 is 1.90 bits per heavy atom. The molecule has 6 heteroatoms. The van der Waals surface area contributed by atoms with Gasteiger partial charge in [-0.15, -0.1) is 0 Å². The molecule has 0 amide bonds. The predicted molar refractivity (Wildman–Crippen MR) is 76.6 cm³/mol. The summed E-state index contributed by atoms with van der Waals surface area (Å²) in [6.45, 7) is 0. The first kappa shape index (κ1) is 12.6. The Morgan fingerprint density at radius 3 is 2.60 bits per heavy atom. The third kappa shape index (κ3) is 2.12. The molecular weight excluding hydrogens is 279 g/mol. The lowest BCUT2D eigenvalue weighted by Gasteiger charge is -2.06. The summed E-state index contributed by atoms with van der Waals surface area (Å²) in [4.78, 5) is 3.97. The van der Waals surface area contributed by atoms with Gasteiger partial charge in [0.1, 0.15) is 5.82 Å². The van der Waals surface area contributed by atoms with E-state index in [0.717, 1.165) is 11.1 Å². The molecule has 0 spiro atoms. The van der Waals surface area contributed by atoms with E-state index in [1.165, 1.54) is 12.1 Å². The molecule has 2 aromatic heterocycles. The number of hydrogen-bond donors (Lipinski definition) is 2. The Bertz CT molecular complexity index is 755. The van der Waals surface area contributed by atoms with Crippen LogP contribution in [0.1, 0.15) is 0 Å². The van der Waals surface area contributed by atoms with Gasteiger partial charge in [-0.1, -0.05) is 11.6 Å². The van der Waals surface area contributed by atoms with Gasteiger partial charge in [-0.25, -0.2) is 4.39 Å². The molecule has 1 aromatic carbocycles. The lowest BCUT2D eigenvalue weighted by Crippen LogP contribution is -1.89. The minimum absolute atomic E-state index is 0.295. The van der Waals surface area contributed by atoms with Gasteiger partial charge in [-0.2, -0.15) is 5.10 Å². The summed E-state index contributed by atoms with van der Waals surface area (Å²) >= 11 is 6.09. The van der Waals surface area contributed by atoms with Crippen LogP contribution >= 0.6 is 11.6 Å². The molecule has 0 saturated carbocycles. The molecule has 0 atom stereocenters. The van der Waals surface area contributed by atoms with Crippen LogP contribution in [-0.4, -0.2) is 15.2 Å². The van der Waals surface area contributed by atoms with Gasteiger partial charge in [-0.05, 0) is 35.9 Å². The number of aromatic amines is 1. The van der Waals surface area contributed by atoms with Crippen LogP contribution in [0.3, 0.4) is 0 Å². The van der Waals surface area contributed by atoms with E-state index in [4.69, 9.17) is 17.3 Å². The number of halogens is 2. The fourth-order valence-corrected chi connectivity index (χ4v) is 2.32. The minimum Gasteiger partial charge on any atom is -0.382 e. The maximum atomic E-state index is 13.1. The lowest BCUT2D eigenvalue weighted by atomic mass is 10.0. The van der Waals surface area contributed by atoms with Gasteiger partial charge in [0.2, 0.25) is 0 Å². The van der Waals surface area contributed by atoms with Crippen LogP contribution in [0, 0.1) is 5.82 Å². The Balaban J connectivity index is 2.21. The highest BCUT2D eigenvalue weighted by atomic mass is 35.5. The van der Waals surface area contributed by atoms with Crippen molar-refractivity contribution in [2.75, 3.05) is 5.73 Å². The van der Waals surface area contributed by atoms with Gasteiger partial charge < -0.3 is 5.73 Å². The number of aromatic nitrogens is 3. The molecule has 0 radical (unpaired) electrons. The fraction of sp³-hybridized carbons (Fsp3) is 0. The Hall–Kier alpha value is -2.40. The number of rotatable bonds is 2. The predicted octanol–water partition coefficient (Wildman–Crippen LogP) is 3.51. The second-order valence-corrected chi connectivity index (χ2v) is 4.63. The van der Waals surface area contributed by atoms with Gasteiger partial charge in [0.25, 0.3) is 0 Å². The molecule has 0 aliphatic heterocycles. The highest BCUT2D eigenvalue weighted by molar-refractivity contribution is 6.33. The lowest BCUT2D eigenvalue weighted by molar-refractivity contribution is 0.628. The Kier molecular flexibility index (Phi) is 3.12. The molecule has 0 unspecified atom stereocenters. The molecular formula is C14H10ClFN4. The number of nitrogen functional groups attached to an aromatic ring is 1. The number of pyridine rings is 1.